The Morgan fingerprint density at radius 2 is 1.22 bits per heavy atom. The number of methoxy groups -OCH3 is 1. The largest absolute Gasteiger partial charge is 0.388 e. The lowest BCUT2D eigenvalue weighted by Gasteiger charge is -1.95. The van der Waals surface area contributed by atoms with Gasteiger partial charge in [0.15, 0.2) is 6.29 Å². The van der Waals surface area contributed by atoms with E-state index in [9.17, 15) is 4.79 Å². The summed E-state index contributed by atoms with van der Waals surface area (Å²) in [5, 5.41) is 17.8. The molecule has 0 aromatic carbocycles. The number of hydrogen-bond acceptors (Lipinski definition) is 10. The summed E-state index contributed by atoms with van der Waals surface area (Å²) in [5.41, 5.74) is 3.79. The molecule has 0 amide bonds. The lowest BCUT2D eigenvalue weighted by molar-refractivity contribution is 0.111. The van der Waals surface area contributed by atoms with Gasteiger partial charge < -0.3 is 24.5 Å². The molecule has 0 atom stereocenters. The van der Waals surface area contributed by atoms with Gasteiger partial charge in [-0.3, -0.25) is 4.79 Å². The summed E-state index contributed by atoms with van der Waals surface area (Å²) in [4.78, 5) is 18.9. The SMILES string of the molecule is CC=CC.CCNC.CCc1cc(-c2cccc(C=N)n2)no1.CCc1cc(-c2cccc(C=O)n2)no1.COC. The Kier molecular flexibility index (Phi) is 21.1. The zero-order valence-electron chi connectivity index (χ0n) is 25.5. The highest BCUT2D eigenvalue weighted by molar-refractivity contribution is 5.75. The molecule has 41 heavy (non-hydrogen) atoms. The maximum absolute atomic E-state index is 10.5. The van der Waals surface area contributed by atoms with Crippen molar-refractivity contribution < 1.29 is 18.6 Å². The molecule has 2 N–H and O–H groups in total. The van der Waals surface area contributed by atoms with Crippen molar-refractivity contribution in [1.82, 2.24) is 25.6 Å². The molecule has 4 aromatic rings. The molecule has 0 saturated carbocycles. The van der Waals surface area contributed by atoms with Gasteiger partial charge in [-0.05, 0) is 51.7 Å². The molecule has 0 aliphatic heterocycles. The Hall–Kier alpha value is -4.28. The van der Waals surface area contributed by atoms with Crippen molar-refractivity contribution in [2.24, 2.45) is 0 Å². The highest BCUT2D eigenvalue weighted by Gasteiger charge is 2.07. The van der Waals surface area contributed by atoms with Gasteiger partial charge in [0.1, 0.15) is 28.6 Å². The molecule has 0 aliphatic rings. The molecule has 10 nitrogen and oxygen atoms in total. The summed E-state index contributed by atoms with van der Waals surface area (Å²) >= 11 is 0. The maximum atomic E-state index is 10.5. The zero-order valence-corrected chi connectivity index (χ0v) is 25.5. The lowest BCUT2D eigenvalue weighted by Crippen LogP contribution is -2.01. The fourth-order valence-electron chi connectivity index (χ4n) is 2.53. The number of aromatic nitrogens is 4. The van der Waals surface area contributed by atoms with Crippen molar-refractivity contribution in [2.75, 3.05) is 27.8 Å². The maximum Gasteiger partial charge on any atom is 0.168 e. The number of rotatable bonds is 7. The van der Waals surface area contributed by atoms with Crippen LogP contribution in [0.1, 0.15) is 62.3 Å². The Labute approximate surface area is 243 Å². The van der Waals surface area contributed by atoms with Crippen LogP contribution in [0, 0.1) is 5.41 Å². The van der Waals surface area contributed by atoms with Gasteiger partial charge in [-0.1, -0.05) is 55.4 Å². The summed E-state index contributed by atoms with van der Waals surface area (Å²) < 4.78 is 14.4. The molecule has 0 fully saturated rings. The third-order valence-electron chi connectivity index (χ3n) is 4.84. The number of carbonyl (C=O) groups is 1. The second-order valence-electron chi connectivity index (χ2n) is 8.00. The number of pyridine rings is 2. The lowest BCUT2D eigenvalue weighted by atomic mass is 10.2. The van der Waals surface area contributed by atoms with E-state index in [2.05, 4.69) is 37.3 Å². The van der Waals surface area contributed by atoms with Gasteiger partial charge in [-0.2, -0.15) is 0 Å². The van der Waals surface area contributed by atoms with Crippen LogP contribution in [0.2, 0.25) is 0 Å². The van der Waals surface area contributed by atoms with Gasteiger partial charge in [0.05, 0.1) is 17.1 Å². The second-order valence-corrected chi connectivity index (χ2v) is 8.00. The van der Waals surface area contributed by atoms with Crippen molar-refractivity contribution in [3.63, 3.8) is 0 Å². The summed E-state index contributed by atoms with van der Waals surface area (Å²) in [6.07, 6.45) is 7.53. The molecule has 4 rings (SSSR count). The van der Waals surface area contributed by atoms with E-state index in [4.69, 9.17) is 14.5 Å². The molecule has 0 aliphatic carbocycles. The smallest absolute Gasteiger partial charge is 0.168 e. The number of nitrogens with zero attached hydrogens (tertiary/aromatic N) is 4. The predicted molar refractivity (Wildman–Crippen MR) is 165 cm³/mol. The van der Waals surface area contributed by atoms with E-state index in [-0.39, 0.29) is 0 Å². The quantitative estimate of drug-likeness (QED) is 0.147. The standard InChI is InChI=1S/C11H11N3O.C11H10N2O2.C4H8.C3H9N.C2H6O/c1-2-9-6-11(14-15-9)10-5-3-4-8(7-12)13-10;1-2-9-6-11(13-15-9)10-5-3-4-8(7-14)12-10;2*1-3-4-2;1-3-2/h3-7,12H,2H2,1H3;3-7H,2H2,1H3;3-4H,1-2H3;4H,3H2,1-2H3;1-2H3. The van der Waals surface area contributed by atoms with Gasteiger partial charge in [0.25, 0.3) is 0 Å². The summed E-state index contributed by atoms with van der Waals surface area (Å²) in [7, 11) is 5.18. The number of ether oxygens (including phenoxy) is 1. The van der Waals surface area contributed by atoms with Crippen LogP contribution in [0.3, 0.4) is 0 Å². The first-order valence-corrected chi connectivity index (χ1v) is 13.3. The van der Waals surface area contributed by atoms with E-state index in [1.165, 1.54) is 6.21 Å². The highest BCUT2D eigenvalue weighted by Crippen LogP contribution is 2.18. The van der Waals surface area contributed by atoms with Crippen LogP contribution in [0.25, 0.3) is 22.8 Å². The van der Waals surface area contributed by atoms with Gasteiger partial charge >= 0.3 is 0 Å². The number of aldehydes is 1. The van der Waals surface area contributed by atoms with Crippen molar-refractivity contribution in [1.29, 1.82) is 5.41 Å². The molecule has 10 heteroatoms. The minimum absolute atomic E-state index is 0.397. The zero-order chi connectivity index (χ0) is 30.9. The van der Waals surface area contributed by atoms with Crippen LogP contribution >= 0.6 is 0 Å². The van der Waals surface area contributed by atoms with Gasteiger partial charge in [-0.15, -0.1) is 0 Å². The van der Waals surface area contributed by atoms with Crippen LogP contribution in [0.15, 0.2) is 69.7 Å². The van der Waals surface area contributed by atoms with Crippen molar-refractivity contribution in [2.45, 2.75) is 47.5 Å². The summed E-state index contributed by atoms with van der Waals surface area (Å²) in [6, 6.07) is 14.4. The fraction of sp³-hybridized carbons (Fsp3) is 0.355. The Balaban J connectivity index is 0.000000578. The van der Waals surface area contributed by atoms with Crippen molar-refractivity contribution in [3.8, 4) is 22.8 Å². The fourth-order valence-corrected chi connectivity index (χ4v) is 2.53. The minimum atomic E-state index is 0.397. The molecule has 4 aromatic heterocycles. The van der Waals surface area contributed by atoms with E-state index in [1.807, 2.05) is 71.2 Å². The normalized spacial score (nSPS) is 9.56. The average molecular weight is 565 g/mol. The first-order valence-electron chi connectivity index (χ1n) is 13.3. The molecule has 0 bridgehead atoms. The predicted octanol–water partition coefficient (Wildman–Crippen LogP) is 6.48. The molecule has 4 heterocycles. The second kappa shape index (κ2) is 23.6. The van der Waals surface area contributed by atoms with E-state index in [1.54, 1.807) is 38.5 Å². The summed E-state index contributed by atoms with van der Waals surface area (Å²) in [6.45, 7) is 11.1. The Bertz CT molecular complexity index is 1170. The van der Waals surface area contributed by atoms with Crippen LogP contribution in [0.4, 0.5) is 0 Å². The number of allylic oxidation sites excluding steroid dienone is 2. The number of aryl methyl sites for hydroxylation is 2. The number of hydrogen-bond donors (Lipinski definition) is 2. The third-order valence-corrected chi connectivity index (χ3v) is 4.84. The molecular formula is C31H44N6O4. The van der Waals surface area contributed by atoms with E-state index >= 15 is 0 Å². The molecule has 0 spiro atoms. The average Bonchev–Trinajstić information content (AvgIpc) is 3.72. The Morgan fingerprint density at radius 3 is 1.54 bits per heavy atom. The number of nitrogens with one attached hydrogen (secondary N) is 2. The molecule has 0 saturated heterocycles. The first kappa shape index (κ1) is 36.7. The van der Waals surface area contributed by atoms with Gasteiger partial charge in [-0.25, -0.2) is 9.97 Å². The monoisotopic (exact) mass is 564 g/mol. The van der Waals surface area contributed by atoms with Crippen molar-refractivity contribution >= 4 is 12.5 Å². The van der Waals surface area contributed by atoms with Gasteiger partial charge in [0.2, 0.25) is 0 Å². The van der Waals surface area contributed by atoms with E-state index in [0.717, 1.165) is 42.3 Å². The molecule has 222 valence electrons. The van der Waals surface area contributed by atoms with Crippen LogP contribution in [-0.4, -0.2) is 60.6 Å². The molecular weight excluding hydrogens is 520 g/mol. The molecule has 0 unspecified atom stereocenters. The number of carbonyl (C=O) groups excluding carboxylic acids is 1. The van der Waals surface area contributed by atoms with Crippen LogP contribution < -0.4 is 5.32 Å². The third kappa shape index (κ3) is 15.2. The van der Waals surface area contributed by atoms with E-state index < -0.39 is 0 Å². The summed E-state index contributed by atoms with van der Waals surface area (Å²) in [5.74, 6) is 1.65. The highest BCUT2D eigenvalue weighted by atomic mass is 16.5. The first-order chi connectivity index (χ1) is 19.9. The Morgan fingerprint density at radius 1 is 0.805 bits per heavy atom. The van der Waals surface area contributed by atoms with Gasteiger partial charge in [0, 0.05) is 45.4 Å². The molecule has 0 radical (unpaired) electrons. The van der Waals surface area contributed by atoms with Crippen LogP contribution in [-0.2, 0) is 17.6 Å². The van der Waals surface area contributed by atoms with E-state index in [0.29, 0.717) is 29.1 Å². The minimum Gasteiger partial charge on any atom is -0.388 e. The van der Waals surface area contributed by atoms with Crippen molar-refractivity contribution in [3.05, 3.63) is 83.6 Å². The topological polar surface area (TPSA) is 140 Å². The van der Waals surface area contributed by atoms with Crippen LogP contribution in [0.5, 0.6) is 0 Å².